The van der Waals surface area contributed by atoms with E-state index in [-0.39, 0.29) is 4.51 Å². The maximum Gasteiger partial charge on any atom is 0.154 e. The Morgan fingerprint density at radius 2 is 1.68 bits per heavy atom. The van der Waals surface area contributed by atoms with E-state index in [0.29, 0.717) is 28.6 Å². The van der Waals surface area contributed by atoms with Crippen molar-refractivity contribution in [2.45, 2.75) is 87.5 Å². The van der Waals surface area contributed by atoms with Crippen LogP contribution in [0, 0.1) is 28.6 Å². The van der Waals surface area contributed by atoms with Crippen LogP contribution in [0.5, 0.6) is 0 Å². The Bertz CT molecular complexity index is 566. The Kier molecular flexibility index (Phi) is 2.27. The maximum atomic E-state index is 6.47. The first-order chi connectivity index (χ1) is 10.4. The molecular formula is C19H27BrO2. The monoisotopic (exact) mass is 366 g/mol. The molecule has 3 heteroatoms. The highest BCUT2D eigenvalue weighted by Crippen LogP contribution is 2.78. The van der Waals surface area contributed by atoms with E-state index in [4.69, 9.17) is 9.47 Å². The second kappa shape index (κ2) is 3.65. The van der Waals surface area contributed by atoms with Crippen LogP contribution in [0.25, 0.3) is 0 Å². The molecule has 6 rings (SSSR count). The van der Waals surface area contributed by atoms with E-state index in [1.54, 1.807) is 0 Å². The highest BCUT2D eigenvalue weighted by atomic mass is 79.9. The van der Waals surface area contributed by atoms with Crippen molar-refractivity contribution < 1.29 is 9.47 Å². The highest BCUT2D eigenvalue weighted by molar-refractivity contribution is 9.10. The van der Waals surface area contributed by atoms with Gasteiger partial charge in [0.2, 0.25) is 0 Å². The standard InChI is InChI=1S/C19H27BrO2/c1-16-6-3-4-7-18(16)14(21-18)9-11-12(16)5-8-17(2)13(11)10-15-19(17,20)22-15/h11-15H,3-10H2,1-2H3/t11-,12+,13+,14+,15-,16-,17+,18+,19-/m1/s1. The summed E-state index contributed by atoms with van der Waals surface area (Å²) in [6.07, 6.45) is 12.0. The average Bonchev–Trinajstić information content (AvgIpc) is 3.34. The fourth-order valence-corrected chi connectivity index (χ4v) is 8.90. The fourth-order valence-electron chi connectivity index (χ4n) is 8.00. The zero-order valence-electron chi connectivity index (χ0n) is 13.7. The number of fused-ring (bicyclic) bond motifs is 6. The van der Waals surface area contributed by atoms with Crippen LogP contribution in [0.3, 0.4) is 0 Å². The van der Waals surface area contributed by atoms with Gasteiger partial charge in [0.05, 0.1) is 12.2 Å². The predicted octanol–water partition coefficient (Wildman–Crippen LogP) is 4.65. The van der Waals surface area contributed by atoms with E-state index in [1.165, 1.54) is 51.4 Å². The lowest BCUT2D eigenvalue weighted by atomic mass is 9.45. The number of epoxide rings is 2. The van der Waals surface area contributed by atoms with Gasteiger partial charge in [0.25, 0.3) is 0 Å². The summed E-state index contributed by atoms with van der Waals surface area (Å²) >= 11 is 3.98. The van der Waals surface area contributed by atoms with Crippen molar-refractivity contribution in [3.05, 3.63) is 0 Å². The van der Waals surface area contributed by atoms with Gasteiger partial charge in [-0.3, -0.25) is 0 Å². The molecule has 0 amide bonds. The van der Waals surface area contributed by atoms with Crippen molar-refractivity contribution in [2.75, 3.05) is 0 Å². The minimum Gasteiger partial charge on any atom is -0.365 e. The van der Waals surface area contributed by atoms with Crippen LogP contribution in [-0.4, -0.2) is 22.3 Å². The van der Waals surface area contributed by atoms with Gasteiger partial charge < -0.3 is 9.47 Å². The molecule has 0 aromatic rings. The molecule has 4 aliphatic carbocycles. The summed E-state index contributed by atoms with van der Waals surface area (Å²) in [5.74, 6) is 2.64. The fraction of sp³-hybridized carbons (Fsp3) is 1.00. The molecule has 4 saturated carbocycles. The van der Waals surface area contributed by atoms with Gasteiger partial charge in [-0.1, -0.05) is 42.6 Å². The molecule has 2 aliphatic heterocycles. The van der Waals surface area contributed by atoms with Crippen molar-refractivity contribution in [2.24, 2.45) is 28.6 Å². The number of ether oxygens (including phenoxy) is 2. The molecule has 22 heavy (non-hydrogen) atoms. The highest BCUT2D eigenvalue weighted by Gasteiger charge is 2.80. The number of hydrogen-bond acceptors (Lipinski definition) is 2. The number of hydrogen-bond donors (Lipinski definition) is 0. The molecule has 1 spiro atoms. The van der Waals surface area contributed by atoms with E-state index >= 15 is 0 Å². The molecule has 0 radical (unpaired) electrons. The lowest BCUT2D eigenvalue weighted by molar-refractivity contribution is -0.106. The van der Waals surface area contributed by atoms with E-state index in [9.17, 15) is 0 Å². The van der Waals surface area contributed by atoms with E-state index < -0.39 is 0 Å². The largest absolute Gasteiger partial charge is 0.365 e. The summed E-state index contributed by atoms with van der Waals surface area (Å²) in [6, 6.07) is 0. The van der Waals surface area contributed by atoms with Crippen LogP contribution in [0.15, 0.2) is 0 Å². The van der Waals surface area contributed by atoms with Gasteiger partial charge in [0.15, 0.2) is 4.51 Å². The third kappa shape index (κ3) is 1.22. The molecule has 0 unspecified atom stereocenters. The maximum absolute atomic E-state index is 6.47. The third-order valence-corrected chi connectivity index (χ3v) is 10.9. The number of alkyl halides is 1. The van der Waals surface area contributed by atoms with Crippen molar-refractivity contribution in [3.8, 4) is 0 Å². The summed E-state index contributed by atoms with van der Waals surface area (Å²) in [5, 5.41) is 0. The van der Waals surface area contributed by atoms with Crippen LogP contribution in [0.1, 0.15) is 65.2 Å². The first kappa shape index (κ1) is 13.7. The van der Waals surface area contributed by atoms with Crippen molar-refractivity contribution in [3.63, 3.8) is 0 Å². The van der Waals surface area contributed by atoms with Gasteiger partial charge in [-0.15, -0.1) is 0 Å². The second-order valence-corrected chi connectivity index (χ2v) is 10.9. The van der Waals surface area contributed by atoms with E-state index in [2.05, 4.69) is 29.8 Å². The molecular weight excluding hydrogens is 340 g/mol. The molecule has 2 saturated heterocycles. The van der Waals surface area contributed by atoms with Crippen molar-refractivity contribution >= 4 is 15.9 Å². The van der Waals surface area contributed by atoms with Crippen molar-refractivity contribution in [1.82, 2.24) is 0 Å². The number of rotatable bonds is 0. The van der Waals surface area contributed by atoms with E-state index in [1.807, 2.05) is 0 Å². The molecule has 2 heterocycles. The van der Waals surface area contributed by atoms with Crippen LogP contribution in [0.4, 0.5) is 0 Å². The molecule has 0 bridgehead atoms. The van der Waals surface area contributed by atoms with Crippen LogP contribution in [-0.2, 0) is 9.47 Å². The molecule has 0 aromatic carbocycles. The summed E-state index contributed by atoms with van der Waals surface area (Å²) in [6.45, 7) is 5.11. The lowest BCUT2D eigenvalue weighted by Gasteiger charge is -2.58. The Morgan fingerprint density at radius 1 is 0.864 bits per heavy atom. The summed E-state index contributed by atoms with van der Waals surface area (Å²) in [7, 11) is 0. The minimum absolute atomic E-state index is 0.0298. The van der Waals surface area contributed by atoms with Crippen molar-refractivity contribution in [1.29, 1.82) is 0 Å². The molecule has 0 aromatic heterocycles. The molecule has 0 N–H and O–H groups in total. The van der Waals surface area contributed by atoms with Gasteiger partial charge in [0.1, 0.15) is 5.60 Å². The molecule has 6 aliphatic rings. The van der Waals surface area contributed by atoms with Crippen LogP contribution in [0.2, 0.25) is 0 Å². The smallest absolute Gasteiger partial charge is 0.154 e. The van der Waals surface area contributed by atoms with Gasteiger partial charge >= 0.3 is 0 Å². The first-order valence-electron chi connectivity index (χ1n) is 9.49. The van der Waals surface area contributed by atoms with E-state index in [0.717, 1.165) is 17.8 Å². The summed E-state index contributed by atoms with van der Waals surface area (Å²) < 4.78 is 12.5. The third-order valence-electron chi connectivity index (χ3n) is 9.33. The predicted molar refractivity (Wildman–Crippen MR) is 87.8 cm³/mol. The summed E-state index contributed by atoms with van der Waals surface area (Å²) in [4.78, 5) is 0. The minimum atomic E-state index is 0.0298. The van der Waals surface area contributed by atoms with Crippen LogP contribution < -0.4 is 0 Å². The Labute approximate surface area is 141 Å². The van der Waals surface area contributed by atoms with Crippen LogP contribution >= 0.6 is 15.9 Å². The first-order valence-corrected chi connectivity index (χ1v) is 10.3. The summed E-state index contributed by atoms with van der Waals surface area (Å²) in [5.41, 5.74) is 1.12. The second-order valence-electron chi connectivity index (χ2n) is 9.68. The van der Waals surface area contributed by atoms with Gasteiger partial charge in [0, 0.05) is 10.8 Å². The van der Waals surface area contributed by atoms with Gasteiger partial charge in [-0.25, -0.2) is 0 Å². The molecule has 122 valence electrons. The van der Waals surface area contributed by atoms with Gasteiger partial charge in [-0.2, -0.15) is 0 Å². The lowest BCUT2D eigenvalue weighted by Crippen LogP contribution is -2.57. The van der Waals surface area contributed by atoms with Gasteiger partial charge in [-0.05, 0) is 56.3 Å². The quantitative estimate of drug-likeness (QED) is 0.460. The zero-order chi connectivity index (χ0) is 15.0. The topological polar surface area (TPSA) is 25.1 Å². The average molecular weight is 367 g/mol. The molecule has 9 atom stereocenters. The normalized spacial score (nSPS) is 70.8. The SMILES string of the molecule is C[C@]12CC[C@H]3[C@@H](C[C@@H]4O[C@@]45CCCC[C@]35C)[C@@H]1C[C@H]1O[C@]12Br. The molecule has 2 nitrogen and oxygen atoms in total. The Morgan fingerprint density at radius 3 is 2.55 bits per heavy atom. The Hall–Kier alpha value is 0.400. The number of halogens is 1. The molecule has 6 fully saturated rings. The Balaban J connectivity index is 1.41. The zero-order valence-corrected chi connectivity index (χ0v) is 15.3.